The molecule has 0 saturated heterocycles. The lowest BCUT2D eigenvalue weighted by molar-refractivity contribution is 0.595. The lowest BCUT2D eigenvalue weighted by atomic mass is 9.87. The molecule has 0 amide bonds. The minimum absolute atomic E-state index is 0.172. The number of hydrogen-bond acceptors (Lipinski definition) is 4. The SMILES string of the molecule is CC[C@H](CNc1ccc2[nH]ncc2c1)c1c(C)cc(C)c(S(N)(=O)=O)c1C. The number of anilines is 1. The third-order valence-corrected chi connectivity index (χ3v) is 6.34. The summed E-state index contributed by atoms with van der Waals surface area (Å²) in [5.41, 5.74) is 5.62. The number of H-pyrrole nitrogens is 1. The number of nitrogens with one attached hydrogen (secondary N) is 2. The number of hydrogen-bond donors (Lipinski definition) is 3. The lowest BCUT2D eigenvalue weighted by Crippen LogP contribution is -2.20. The average molecular weight is 387 g/mol. The molecular formula is C20H26N4O2S. The van der Waals surface area contributed by atoms with Gasteiger partial charge in [-0.2, -0.15) is 5.10 Å². The summed E-state index contributed by atoms with van der Waals surface area (Å²) < 4.78 is 24.2. The molecule has 144 valence electrons. The maximum Gasteiger partial charge on any atom is 0.238 e. The average Bonchev–Trinajstić information content (AvgIpc) is 3.03. The molecule has 3 rings (SSSR count). The van der Waals surface area contributed by atoms with Gasteiger partial charge in [-0.25, -0.2) is 13.6 Å². The number of fused-ring (bicyclic) bond motifs is 1. The molecule has 0 aliphatic carbocycles. The van der Waals surface area contributed by atoms with Gasteiger partial charge in [0.25, 0.3) is 0 Å². The number of benzene rings is 2. The van der Waals surface area contributed by atoms with E-state index in [0.717, 1.165) is 39.7 Å². The highest BCUT2D eigenvalue weighted by atomic mass is 32.2. The molecule has 2 aromatic carbocycles. The highest BCUT2D eigenvalue weighted by Crippen LogP contribution is 2.33. The van der Waals surface area contributed by atoms with E-state index in [1.165, 1.54) is 0 Å². The van der Waals surface area contributed by atoms with Gasteiger partial charge in [-0.1, -0.05) is 13.0 Å². The Hall–Kier alpha value is -2.38. The molecule has 6 nitrogen and oxygen atoms in total. The van der Waals surface area contributed by atoms with Crippen LogP contribution in [0.4, 0.5) is 5.69 Å². The smallest absolute Gasteiger partial charge is 0.238 e. The van der Waals surface area contributed by atoms with Crippen LogP contribution in [0.1, 0.15) is 41.5 Å². The molecule has 1 aromatic heterocycles. The first kappa shape index (κ1) is 19.4. The van der Waals surface area contributed by atoms with E-state index in [1.54, 1.807) is 13.1 Å². The highest BCUT2D eigenvalue weighted by Gasteiger charge is 2.23. The van der Waals surface area contributed by atoms with Crippen LogP contribution in [0.5, 0.6) is 0 Å². The zero-order chi connectivity index (χ0) is 19.8. The summed E-state index contributed by atoms with van der Waals surface area (Å²) in [5, 5.41) is 17.0. The van der Waals surface area contributed by atoms with Crippen molar-refractivity contribution < 1.29 is 8.42 Å². The number of nitrogens with zero attached hydrogens (tertiary/aromatic N) is 1. The van der Waals surface area contributed by atoms with Crippen LogP contribution in [-0.2, 0) is 10.0 Å². The van der Waals surface area contributed by atoms with Crippen LogP contribution in [0.15, 0.2) is 35.4 Å². The van der Waals surface area contributed by atoms with Crippen LogP contribution in [-0.4, -0.2) is 25.2 Å². The Balaban J connectivity index is 1.93. The Bertz CT molecular complexity index is 1090. The van der Waals surface area contributed by atoms with Crippen molar-refractivity contribution in [2.24, 2.45) is 5.14 Å². The number of rotatable bonds is 6. The molecular weight excluding hydrogens is 360 g/mol. The van der Waals surface area contributed by atoms with Crippen molar-refractivity contribution in [1.82, 2.24) is 10.2 Å². The van der Waals surface area contributed by atoms with E-state index in [1.807, 2.05) is 32.0 Å². The highest BCUT2D eigenvalue weighted by molar-refractivity contribution is 7.89. The Labute approximate surface area is 160 Å². The third kappa shape index (κ3) is 3.84. The van der Waals surface area contributed by atoms with Crippen LogP contribution < -0.4 is 10.5 Å². The first-order valence-electron chi connectivity index (χ1n) is 9.02. The fraction of sp³-hybridized carbons (Fsp3) is 0.350. The fourth-order valence-corrected chi connectivity index (χ4v) is 5.04. The van der Waals surface area contributed by atoms with E-state index in [9.17, 15) is 8.42 Å². The predicted octanol–water partition coefficient (Wildman–Crippen LogP) is 3.74. The molecule has 1 heterocycles. The minimum Gasteiger partial charge on any atom is -0.384 e. The first-order valence-corrected chi connectivity index (χ1v) is 10.6. The molecule has 0 fully saturated rings. The van der Waals surface area contributed by atoms with Gasteiger partial charge < -0.3 is 5.32 Å². The number of aromatic amines is 1. The van der Waals surface area contributed by atoms with Gasteiger partial charge >= 0.3 is 0 Å². The summed E-state index contributed by atoms with van der Waals surface area (Å²) in [6.45, 7) is 8.50. The van der Waals surface area contributed by atoms with Gasteiger partial charge in [0.2, 0.25) is 10.0 Å². The Kier molecular flexibility index (Phi) is 5.26. The Morgan fingerprint density at radius 3 is 2.59 bits per heavy atom. The van der Waals surface area contributed by atoms with Gasteiger partial charge in [0.15, 0.2) is 0 Å². The summed E-state index contributed by atoms with van der Waals surface area (Å²) in [5.74, 6) is 0.172. The number of nitrogens with two attached hydrogens (primary N) is 1. The second-order valence-corrected chi connectivity index (χ2v) is 8.58. The van der Waals surface area contributed by atoms with Gasteiger partial charge in [0.1, 0.15) is 0 Å². The lowest BCUT2D eigenvalue weighted by Gasteiger charge is -2.24. The number of aromatic nitrogens is 2. The number of primary sulfonamides is 1. The van der Waals surface area contributed by atoms with Gasteiger partial charge in [-0.15, -0.1) is 0 Å². The number of aryl methyl sites for hydroxylation is 2. The second kappa shape index (κ2) is 7.32. The Morgan fingerprint density at radius 1 is 1.19 bits per heavy atom. The van der Waals surface area contributed by atoms with E-state index in [2.05, 4.69) is 28.5 Å². The first-order chi connectivity index (χ1) is 12.7. The van der Waals surface area contributed by atoms with Crippen LogP contribution in [0.25, 0.3) is 10.9 Å². The molecule has 27 heavy (non-hydrogen) atoms. The Morgan fingerprint density at radius 2 is 1.93 bits per heavy atom. The third-order valence-electron chi connectivity index (χ3n) is 5.14. The topological polar surface area (TPSA) is 101 Å². The molecule has 1 atom stereocenters. The molecule has 0 aliphatic rings. The van der Waals surface area contributed by atoms with E-state index in [4.69, 9.17) is 5.14 Å². The molecule has 7 heteroatoms. The van der Waals surface area contributed by atoms with Crippen molar-refractivity contribution in [3.05, 3.63) is 52.7 Å². The van der Waals surface area contributed by atoms with Gasteiger partial charge in [0, 0.05) is 23.5 Å². The van der Waals surface area contributed by atoms with E-state index >= 15 is 0 Å². The predicted molar refractivity (Wildman–Crippen MR) is 110 cm³/mol. The quantitative estimate of drug-likeness (QED) is 0.601. The summed E-state index contributed by atoms with van der Waals surface area (Å²) in [4.78, 5) is 0.251. The second-order valence-electron chi connectivity index (χ2n) is 7.08. The maximum absolute atomic E-state index is 12.1. The van der Waals surface area contributed by atoms with Gasteiger partial charge in [0.05, 0.1) is 16.6 Å². The van der Waals surface area contributed by atoms with Crippen LogP contribution in [0.3, 0.4) is 0 Å². The summed E-state index contributed by atoms with van der Waals surface area (Å²) in [6, 6.07) is 7.98. The molecule has 0 aliphatic heterocycles. The molecule has 0 bridgehead atoms. The van der Waals surface area contributed by atoms with Crippen molar-refractivity contribution in [2.45, 2.75) is 44.9 Å². The molecule has 0 spiro atoms. The zero-order valence-electron chi connectivity index (χ0n) is 16.1. The molecule has 0 unspecified atom stereocenters. The van der Waals surface area contributed by atoms with Crippen LogP contribution >= 0.6 is 0 Å². The van der Waals surface area contributed by atoms with Crippen molar-refractivity contribution in [3.63, 3.8) is 0 Å². The molecule has 0 saturated carbocycles. The summed E-state index contributed by atoms with van der Waals surface area (Å²) in [6.07, 6.45) is 2.68. The zero-order valence-corrected chi connectivity index (χ0v) is 16.9. The standard InChI is InChI=1S/C20H26N4O2S/c1-5-15(10-22-17-6-7-18-16(9-17)11-23-24-18)19-12(2)8-13(3)20(14(19)4)27(21,25)26/h6-9,11,15,22H,5,10H2,1-4H3,(H,23,24)(H2,21,25,26)/t15-/m1/s1. The molecule has 3 aromatic rings. The minimum atomic E-state index is -3.76. The van der Waals surface area contributed by atoms with E-state index < -0.39 is 10.0 Å². The van der Waals surface area contributed by atoms with Crippen molar-refractivity contribution in [3.8, 4) is 0 Å². The number of sulfonamides is 1. The van der Waals surface area contributed by atoms with Crippen molar-refractivity contribution in [2.75, 3.05) is 11.9 Å². The van der Waals surface area contributed by atoms with Crippen molar-refractivity contribution >= 4 is 26.6 Å². The monoisotopic (exact) mass is 386 g/mol. The summed E-state index contributed by atoms with van der Waals surface area (Å²) >= 11 is 0. The fourth-order valence-electron chi connectivity index (χ4n) is 3.99. The van der Waals surface area contributed by atoms with Gasteiger partial charge in [-0.05, 0) is 67.6 Å². The molecule has 0 radical (unpaired) electrons. The van der Waals surface area contributed by atoms with Crippen LogP contribution in [0.2, 0.25) is 0 Å². The van der Waals surface area contributed by atoms with E-state index in [-0.39, 0.29) is 10.8 Å². The van der Waals surface area contributed by atoms with Gasteiger partial charge in [-0.3, -0.25) is 5.10 Å². The van der Waals surface area contributed by atoms with Crippen LogP contribution in [0, 0.1) is 20.8 Å². The maximum atomic E-state index is 12.1. The van der Waals surface area contributed by atoms with Crippen molar-refractivity contribution in [1.29, 1.82) is 0 Å². The molecule has 4 N–H and O–H groups in total. The normalized spacial score (nSPS) is 13.1. The van der Waals surface area contributed by atoms with E-state index in [0.29, 0.717) is 12.1 Å². The summed E-state index contributed by atoms with van der Waals surface area (Å²) in [7, 11) is -3.76. The largest absolute Gasteiger partial charge is 0.384 e.